The number of imidazole rings is 1. The Labute approximate surface area is 170 Å². The Bertz CT molecular complexity index is 1040. The van der Waals surface area contributed by atoms with Gasteiger partial charge in [0.05, 0.1) is 17.8 Å². The molecule has 1 saturated carbocycles. The van der Waals surface area contributed by atoms with Crippen molar-refractivity contribution in [2.24, 2.45) is 13.0 Å². The van der Waals surface area contributed by atoms with E-state index in [0.29, 0.717) is 5.92 Å². The average molecular weight is 395 g/mol. The molecular formula is C22H30N6O. The van der Waals surface area contributed by atoms with Gasteiger partial charge in [0.25, 0.3) is 0 Å². The molecule has 3 aromatic heterocycles. The summed E-state index contributed by atoms with van der Waals surface area (Å²) < 4.78 is 5.82. The summed E-state index contributed by atoms with van der Waals surface area (Å²) in [6.07, 6.45) is 13.2. The van der Waals surface area contributed by atoms with E-state index in [1.54, 1.807) is 0 Å². The summed E-state index contributed by atoms with van der Waals surface area (Å²) in [6, 6.07) is 4.20. The maximum atomic E-state index is 13.5. The van der Waals surface area contributed by atoms with Crippen molar-refractivity contribution in [2.75, 3.05) is 13.1 Å². The van der Waals surface area contributed by atoms with Gasteiger partial charge in [0.1, 0.15) is 0 Å². The van der Waals surface area contributed by atoms with Crippen LogP contribution in [0.3, 0.4) is 0 Å². The van der Waals surface area contributed by atoms with Gasteiger partial charge >= 0.3 is 5.69 Å². The average Bonchev–Trinajstić information content (AvgIpc) is 3.42. The highest BCUT2D eigenvalue weighted by Crippen LogP contribution is 2.28. The Morgan fingerprint density at radius 1 is 1.17 bits per heavy atom. The van der Waals surface area contributed by atoms with E-state index in [9.17, 15) is 4.79 Å². The second kappa shape index (κ2) is 7.78. The first-order valence-electron chi connectivity index (χ1n) is 10.9. The van der Waals surface area contributed by atoms with Crippen LogP contribution < -0.4 is 5.69 Å². The smallest absolute Gasteiger partial charge is 0.297 e. The van der Waals surface area contributed by atoms with E-state index < -0.39 is 0 Å². The molecule has 29 heavy (non-hydrogen) atoms. The number of likely N-dealkylation sites (tertiary alicyclic amines) is 1. The third kappa shape index (κ3) is 3.64. The first-order chi connectivity index (χ1) is 14.2. The highest BCUT2D eigenvalue weighted by Gasteiger charge is 2.29. The monoisotopic (exact) mass is 394 g/mol. The van der Waals surface area contributed by atoms with Crippen molar-refractivity contribution in [1.29, 1.82) is 0 Å². The fraction of sp³-hybridized carbons (Fsp3) is 0.591. The molecule has 7 nitrogen and oxygen atoms in total. The minimum absolute atomic E-state index is 0.123. The summed E-state index contributed by atoms with van der Waals surface area (Å²) >= 11 is 0. The van der Waals surface area contributed by atoms with Crippen LogP contribution in [0.25, 0.3) is 11.2 Å². The minimum Gasteiger partial charge on any atom is -0.297 e. The molecule has 1 aliphatic heterocycles. The summed E-state index contributed by atoms with van der Waals surface area (Å²) in [6.45, 7) is 3.59. The van der Waals surface area contributed by atoms with Crippen LogP contribution >= 0.6 is 0 Å². The van der Waals surface area contributed by atoms with Crippen LogP contribution in [-0.4, -0.2) is 41.9 Å². The number of rotatable bonds is 5. The van der Waals surface area contributed by atoms with E-state index in [-0.39, 0.29) is 11.7 Å². The van der Waals surface area contributed by atoms with Crippen LogP contribution in [0.2, 0.25) is 0 Å². The number of nitrogens with zero attached hydrogens (tertiary/aromatic N) is 6. The number of pyridine rings is 1. The second-order valence-electron chi connectivity index (χ2n) is 8.81. The minimum atomic E-state index is 0.123. The van der Waals surface area contributed by atoms with E-state index in [0.717, 1.165) is 43.8 Å². The van der Waals surface area contributed by atoms with E-state index in [1.807, 2.05) is 39.3 Å². The van der Waals surface area contributed by atoms with Crippen molar-refractivity contribution < 1.29 is 0 Å². The zero-order valence-electron chi connectivity index (χ0n) is 17.2. The summed E-state index contributed by atoms with van der Waals surface area (Å²) in [5.41, 5.74) is 3.19. The van der Waals surface area contributed by atoms with Gasteiger partial charge in [-0.15, -0.1) is 0 Å². The lowest BCUT2D eigenvalue weighted by molar-refractivity contribution is 0.309. The van der Waals surface area contributed by atoms with Crippen LogP contribution in [0, 0.1) is 5.92 Å². The van der Waals surface area contributed by atoms with Crippen LogP contribution in [-0.2, 0) is 20.1 Å². The SMILES string of the molecule is Cn1cc(CN2CC[C@@H](n3c(=O)n(CC4CCCCC4)c4cccnc43)C2)cn1. The quantitative estimate of drug-likeness (QED) is 0.668. The number of hydrogen-bond donors (Lipinski definition) is 0. The van der Waals surface area contributed by atoms with Crippen molar-refractivity contribution in [3.63, 3.8) is 0 Å². The van der Waals surface area contributed by atoms with Gasteiger partial charge in [0.2, 0.25) is 0 Å². The molecule has 2 aliphatic rings. The standard InChI is InChI=1S/C22H30N6O/c1-25-13-18(12-24-25)14-26-11-9-19(16-26)28-21-20(8-5-10-23-21)27(22(28)29)15-17-6-3-2-4-7-17/h5,8,10,12-13,17,19H,2-4,6-7,9,11,14-16H2,1H3/t19-/m1/s1. The first kappa shape index (κ1) is 18.6. The van der Waals surface area contributed by atoms with Crippen molar-refractivity contribution in [1.82, 2.24) is 28.8 Å². The van der Waals surface area contributed by atoms with Gasteiger partial charge in [-0.1, -0.05) is 19.3 Å². The molecular weight excluding hydrogens is 364 g/mol. The second-order valence-corrected chi connectivity index (χ2v) is 8.81. The molecule has 2 fully saturated rings. The lowest BCUT2D eigenvalue weighted by atomic mass is 9.89. The van der Waals surface area contributed by atoms with E-state index in [2.05, 4.69) is 27.2 Å². The van der Waals surface area contributed by atoms with Gasteiger partial charge in [-0.3, -0.25) is 18.7 Å². The Kier molecular flexibility index (Phi) is 4.99. The molecule has 154 valence electrons. The molecule has 4 heterocycles. The van der Waals surface area contributed by atoms with Crippen LogP contribution in [0.1, 0.15) is 50.1 Å². The predicted molar refractivity (Wildman–Crippen MR) is 113 cm³/mol. The summed E-state index contributed by atoms with van der Waals surface area (Å²) in [7, 11) is 1.95. The van der Waals surface area contributed by atoms with Crippen molar-refractivity contribution in [2.45, 2.75) is 57.7 Å². The van der Waals surface area contributed by atoms with Crippen LogP contribution in [0.5, 0.6) is 0 Å². The zero-order valence-corrected chi connectivity index (χ0v) is 17.2. The number of aryl methyl sites for hydroxylation is 1. The van der Waals surface area contributed by atoms with Gasteiger partial charge in [-0.2, -0.15) is 5.10 Å². The van der Waals surface area contributed by atoms with Gasteiger partial charge in [-0.05, 0) is 37.3 Å². The maximum absolute atomic E-state index is 13.5. The lowest BCUT2D eigenvalue weighted by Gasteiger charge is -2.21. The normalized spacial score (nSPS) is 21.3. The van der Waals surface area contributed by atoms with Crippen molar-refractivity contribution in [3.8, 4) is 0 Å². The molecule has 0 N–H and O–H groups in total. The van der Waals surface area contributed by atoms with E-state index in [1.165, 1.54) is 37.7 Å². The van der Waals surface area contributed by atoms with Crippen LogP contribution in [0.15, 0.2) is 35.5 Å². The molecule has 1 atom stereocenters. The fourth-order valence-corrected chi connectivity index (χ4v) is 5.22. The molecule has 0 spiro atoms. The molecule has 0 amide bonds. The third-order valence-electron chi connectivity index (χ3n) is 6.66. The van der Waals surface area contributed by atoms with E-state index >= 15 is 0 Å². The van der Waals surface area contributed by atoms with Gasteiger partial charge in [0.15, 0.2) is 5.65 Å². The largest absolute Gasteiger partial charge is 0.330 e. The maximum Gasteiger partial charge on any atom is 0.330 e. The predicted octanol–water partition coefficient (Wildman–Crippen LogP) is 2.96. The molecule has 1 saturated heterocycles. The van der Waals surface area contributed by atoms with E-state index in [4.69, 9.17) is 0 Å². The summed E-state index contributed by atoms with van der Waals surface area (Å²) in [5, 5.41) is 4.27. The Morgan fingerprint density at radius 2 is 2.03 bits per heavy atom. The molecule has 0 aromatic carbocycles. The van der Waals surface area contributed by atoms with Crippen molar-refractivity contribution in [3.05, 3.63) is 46.8 Å². The summed E-state index contributed by atoms with van der Waals surface area (Å²) in [5.74, 6) is 0.617. The molecule has 0 unspecified atom stereocenters. The van der Waals surface area contributed by atoms with Gasteiger partial charge in [0, 0.05) is 51.2 Å². The first-order valence-corrected chi connectivity index (χ1v) is 10.9. The zero-order chi connectivity index (χ0) is 19.8. The van der Waals surface area contributed by atoms with Gasteiger partial charge in [-0.25, -0.2) is 9.78 Å². The number of hydrogen-bond acceptors (Lipinski definition) is 4. The Morgan fingerprint density at radius 3 is 2.83 bits per heavy atom. The Balaban J connectivity index is 1.41. The molecule has 7 heteroatoms. The summed E-state index contributed by atoms with van der Waals surface area (Å²) in [4.78, 5) is 20.5. The molecule has 1 aliphatic carbocycles. The number of fused-ring (bicyclic) bond motifs is 1. The van der Waals surface area contributed by atoms with Gasteiger partial charge < -0.3 is 0 Å². The molecule has 0 bridgehead atoms. The van der Waals surface area contributed by atoms with Crippen molar-refractivity contribution >= 4 is 11.2 Å². The molecule has 3 aromatic rings. The lowest BCUT2D eigenvalue weighted by Crippen LogP contribution is -2.31. The molecule has 5 rings (SSSR count). The highest BCUT2D eigenvalue weighted by atomic mass is 16.1. The fourth-order valence-electron chi connectivity index (χ4n) is 5.22. The molecule has 0 radical (unpaired) electrons. The highest BCUT2D eigenvalue weighted by molar-refractivity contribution is 5.71. The third-order valence-corrected chi connectivity index (χ3v) is 6.66. The Hall–Kier alpha value is -2.41. The van der Waals surface area contributed by atoms with Crippen LogP contribution in [0.4, 0.5) is 0 Å². The topological polar surface area (TPSA) is 60.9 Å². The number of aromatic nitrogens is 5.